The number of ketones is 1. The predicted molar refractivity (Wildman–Crippen MR) is 71.3 cm³/mol. The number of rotatable bonds is 4. The average molecular weight is 267 g/mol. The summed E-state index contributed by atoms with van der Waals surface area (Å²) in [6.07, 6.45) is 3.08. The summed E-state index contributed by atoms with van der Waals surface area (Å²) in [4.78, 5) is 25.0. The summed E-state index contributed by atoms with van der Waals surface area (Å²) in [5.74, 6) is -0.296. The SMILES string of the molecule is CCOC(=O)/C(=C/C=C1/OCC(C)(C)N1C)C(C)=O. The van der Waals surface area contributed by atoms with Gasteiger partial charge in [-0.2, -0.15) is 0 Å². The standard InChI is InChI=1S/C14H21NO4/c1-6-18-13(17)11(10(2)16)7-8-12-15(5)14(3,4)9-19-12/h7-8H,6,9H2,1-5H3/b11-7+,12-8+. The largest absolute Gasteiger partial charge is 0.477 e. The van der Waals surface area contributed by atoms with E-state index in [0.717, 1.165) is 0 Å². The molecule has 0 aromatic rings. The van der Waals surface area contributed by atoms with Gasteiger partial charge < -0.3 is 14.4 Å². The summed E-state index contributed by atoms with van der Waals surface area (Å²) in [5.41, 5.74) is -0.0731. The Morgan fingerprint density at radius 2 is 2.11 bits per heavy atom. The molecule has 5 heteroatoms. The quantitative estimate of drug-likeness (QED) is 0.335. The lowest BCUT2D eigenvalue weighted by atomic mass is 10.1. The van der Waals surface area contributed by atoms with E-state index in [0.29, 0.717) is 12.5 Å². The second kappa shape index (κ2) is 5.91. The number of allylic oxidation sites excluding steroid dienone is 2. The van der Waals surface area contributed by atoms with Gasteiger partial charge in [-0.25, -0.2) is 4.79 Å². The zero-order valence-electron chi connectivity index (χ0n) is 12.1. The Morgan fingerprint density at radius 1 is 1.47 bits per heavy atom. The molecule has 0 aromatic carbocycles. The number of likely N-dealkylation sites (N-methyl/N-ethyl adjacent to an activating group) is 1. The zero-order valence-corrected chi connectivity index (χ0v) is 12.1. The number of nitrogens with zero attached hydrogens (tertiary/aromatic N) is 1. The van der Waals surface area contributed by atoms with Gasteiger partial charge in [0.2, 0.25) is 0 Å². The predicted octanol–water partition coefficient (Wildman–Crippen LogP) is 1.65. The molecule has 1 aliphatic heterocycles. The first-order chi connectivity index (χ1) is 8.79. The molecule has 0 unspecified atom stereocenters. The zero-order chi connectivity index (χ0) is 14.6. The van der Waals surface area contributed by atoms with E-state index in [1.54, 1.807) is 13.0 Å². The van der Waals surface area contributed by atoms with E-state index in [-0.39, 0.29) is 23.5 Å². The van der Waals surface area contributed by atoms with E-state index in [1.165, 1.54) is 13.0 Å². The molecule has 0 aromatic heterocycles. The Kier molecular flexibility index (Phi) is 4.75. The van der Waals surface area contributed by atoms with Gasteiger partial charge in [-0.15, -0.1) is 0 Å². The van der Waals surface area contributed by atoms with Crippen LogP contribution >= 0.6 is 0 Å². The van der Waals surface area contributed by atoms with E-state index in [4.69, 9.17) is 9.47 Å². The highest BCUT2D eigenvalue weighted by molar-refractivity contribution is 6.16. The molecule has 0 saturated carbocycles. The third-order valence-corrected chi connectivity index (χ3v) is 3.08. The smallest absolute Gasteiger partial charge is 0.341 e. The van der Waals surface area contributed by atoms with Crippen molar-refractivity contribution in [1.29, 1.82) is 0 Å². The first kappa shape index (κ1) is 15.3. The van der Waals surface area contributed by atoms with Crippen LogP contribution in [0.5, 0.6) is 0 Å². The van der Waals surface area contributed by atoms with Crippen molar-refractivity contribution < 1.29 is 19.1 Å². The lowest BCUT2D eigenvalue weighted by Gasteiger charge is -2.25. The second-order valence-corrected chi connectivity index (χ2v) is 5.02. The average Bonchev–Trinajstić information content (AvgIpc) is 2.56. The van der Waals surface area contributed by atoms with Gasteiger partial charge in [0, 0.05) is 7.05 Å². The van der Waals surface area contributed by atoms with Crippen LogP contribution in [0.25, 0.3) is 0 Å². The first-order valence-electron chi connectivity index (χ1n) is 6.26. The molecular formula is C14H21NO4. The van der Waals surface area contributed by atoms with E-state index in [1.807, 2.05) is 11.9 Å². The molecular weight excluding hydrogens is 246 g/mol. The highest BCUT2D eigenvalue weighted by atomic mass is 16.5. The third kappa shape index (κ3) is 3.59. The van der Waals surface area contributed by atoms with Crippen LogP contribution in [-0.2, 0) is 19.1 Å². The lowest BCUT2D eigenvalue weighted by molar-refractivity contribution is -0.139. The maximum atomic E-state index is 11.6. The van der Waals surface area contributed by atoms with Crippen LogP contribution < -0.4 is 0 Å². The van der Waals surface area contributed by atoms with Crippen molar-refractivity contribution in [2.45, 2.75) is 33.2 Å². The number of ether oxygens (including phenoxy) is 2. The van der Waals surface area contributed by atoms with Crippen LogP contribution in [0.4, 0.5) is 0 Å². The van der Waals surface area contributed by atoms with Crippen molar-refractivity contribution in [2.75, 3.05) is 20.3 Å². The Labute approximate surface area is 113 Å². The fourth-order valence-electron chi connectivity index (χ4n) is 1.60. The molecule has 1 fully saturated rings. The molecule has 0 spiro atoms. The van der Waals surface area contributed by atoms with Crippen molar-refractivity contribution >= 4 is 11.8 Å². The highest BCUT2D eigenvalue weighted by Crippen LogP contribution is 2.27. The number of hydrogen-bond acceptors (Lipinski definition) is 5. The van der Waals surface area contributed by atoms with E-state index >= 15 is 0 Å². The molecule has 0 aliphatic carbocycles. The number of carbonyl (C=O) groups excluding carboxylic acids is 2. The lowest BCUT2D eigenvalue weighted by Crippen LogP contribution is -2.36. The Morgan fingerprint density at radius 3 is 2.53 bits per heavy atom. The fourth-order valence-corrected chi connectivity index (χ4v) is 1.60. The molecule has 5 nitrogen and oxygen atoms in total. The summed E-state index contributed by atoms with van der Waals surface area (Å²) >= 11 is 0. The monoisotopic (exact) mass is 267 g/mol. The maximum Gasteiger partial charge on any atom is 0.341 e. The molecule has 19 heavy (non-hydrogen) atoms. The minimum Gasteiger partial charge on any atom is -0.477 e. The molecule has 0 N–H and O–H groups in total. The number of hydrogen-bond donors (Lipinski definition) is 0. The van der Waals surface area contributed by atoms with Gasteiger partial charge in [-0.3, -0.25) is 4.79 Å². The molecule has 1 saturated heterocycles. The topological polar surface area (TPSA) is 55.8 Å². The third-order valence-electron chi connectivity index (χ3n) is 3.08. The Hall–Kier alpha value is -1.78. The molecule has 0 radical (unpaired) electrons. The summed E-state index contributed by atoms with van der Waals surface area (Å²) in [6.45, 7) is 7.94. The van der Waals surface area contributed by atoms with Crippen LogP contribution in [0, 0.1) is 0 Å². The molecule has 1 aliphatic rings. The van der Waals surface area contributed by atoms with Crippen molar-refractivity contribution in [1.82, 2.24) is 4.90 Å². The van der Waals surface area contributed by atoms with E-state index in [9.17, 15) is 9.59 Å². The van der Waals surface area contributed by atoms with Gasteiger partial charge in [0.15, 0.2) is 11.7 Å². The number of Topliss-reactive ketones (excluding diaryl/α,β-unsaturated/α-hetero) is 1. The summed E-state index contributed by atoms with van der Waals surface area (Å²) in [5, 5.41) is 0. The highest BCUT2D eigenvalue weighted by Gasteiger charge is 2.33. The number of esters is 1. The van der Waals surface area contributed by atoms with Crippen LogP contribution in [0.1, 0.15) is 27.7 Å². The number of carbonyl (C=O) groups is 2. The van der Waals surface area contributed by atoms with E-state index in [2.05, 4.69) is 13.8 Å². The van der Waals surface area contributed by atoms with Crippen LogP contribution in [0.3, 0.4) is 0 Å². The first-order valence-corrected chi connectivity index (χ1v) is 6.26. The Bertz CT molecular complexity index is 435. The normalized spacial score (nSPS) is 20.4. The van der Waals surface area contributed by atoms with Gasteiger partial charge in [-0.1, -0.05) is 0 Å². The molecule has 106 valence electrons. The Balaban J connectivity index is 2.93. The summed E-state index contributed by atoms with van der Waals surface area (Å²) in [7, 11) is 1.91. The van der Waals surface area contributed by atoms with Crippen LogP contribution in [0.15, 0.2) is 23.6 Å². The van der Waals surface area contributed by atoms with Gasteiger partial charge in [0.05, 0.1) is 12.1 Å². The summed E-state index contributed by atoms with van der Waals surface area (Å²) in [6, 6.07) is 0. The van der Waals surface area contributed by atoms with Crippen molar-refractivity contribution in [3.05, 3.63) is 23.6 Å². The van der Waals surface area contributed by atoms with Gasteiger partial charge in [0.25, 0.3) is 0 Å². The van der Waals surface area contributed by atoms with E-state index < -0.39 is 5.97 Å². The minimum atomic E-state index is -0.605. The van der Waals surface area contributed by atoms with Crippen molar-refractivity contribution in [3.8, 4) is 0 Å². The van der Waals surface area contributed by atoms with Crippen molar-refractivity contribution in [2.24, 2.45) is 0 Å². The van der Waals surface area contributed by atoms with Crippen LogP contribution in [-0.4, -0.2) is 42.5 Å². The van der Waals surface area contributed by atoms with Gasteiger partial charge in [0.1, 0.15) is 12.2 Å². The molecule has 0 amide bonds. The van der Waals surface area contributed by atoms with Gasteiger partial charge >= 0.3 is 5.97 Å². The summed E-state index contributed by atoms with van der Waals surface area (Å²) < 4.78 is 10.4. The second-order valence-electron chi connectivity index (χ2n) is 5.02. The maximum absolute atomic E-state index is 11.6. The molecule has 0 atom stereocenters. The fraction of sp³-hybridized carbons (Fsp3) is 0.571. The van der Waals surface area contributed by atoms with Crippen LogP contribution in [0.2, 0.25) is 0 Å². The molecule has 0 bridgehead atoms. The van der Waals surface area contributed by atoms with Crippen molar-refractivity contribution in [3.63, 3.8) is 0 Å². The molecule has 1 rings (SSSR count). The minimum absolute atomic E-state index is 0.0241. The van der Waals surface area contributed by atoms with Gasteiger partial charge in [-0.05, 0) is 39.8 Å². The molecule has 1 heterocycles.